The van der Waals surface area contributed by atoms with Crippen molar-refractivity contribution in [2.24, 2.45) is 0 Å². The molecule has 33 heavy (non-hydrogen) atoms. The van der Waals surface area contributed by atoms with Gasteiger partial charge in [-0.15, -0.1) is 11.6 Å². The summed E-state index contributed by atoms with van der Waals surface area (Å²) in [5, 5.41) is 23.2. The fourth-order valence-corrected chi connectivity index (χ4v) is 4.39. The Labute approximate surface area is 210 Å². The first-order chi connectivity index (χ1) is 15.8. The van der Waals surface area contributed by atoms with Crippen molar-refractivity contribution in [2.75, 3.05) is 51.8 Å². The number of halogens is 2. The second-order valence-corrected chi connectivity index (χ2v) is 10.1. The van der Waals surface area contributed by atoms with Crippen LogP contribution < -0.4 is 14.8 Å². The standard InChI is InChI=1S/C25H34BrClN2O4/c1-25(2,19-5-8-24(23(26)13-19)33-16-20(30)14-27)18-3-6-22(7-4-18)32-17-21(31)15-29-11-9-28-10-12-29/h3-8,13,20-21,28,30-31H,9-12,14-17H2,1-2H3/t20-,21-/m1/s1. The Morgan fingerprint density at radius 3 is 2.27 bits per heavy atom. The molecule has 0 aromatic heterocycles. The first-order valence-corrected chi connectivity index (χ1v) is 12.6. The highest BCUT2D eigenvalue weighted by Crippen LogP contribution is 2.36. The second-order valence-electron chi connectivity index (χ2n) is 8.93. The van der Waals surface area contributed by atoms with E-state index in [0.29, 0.717) is 12.3 Å². The molecule has 1 heterocycles. The summed E-state index contributed by atoms with van der Waals surface area (Å²) in [5.41, 5.74) is 2.03. The Kier molecular flexibility index (Phi) is 9.85. The Morgan fingerprint density at radius 1 is 1.00 bits per heavy atom. The molecule has 6 nitrogen and oxygen atoms in total. The van der Waals surface area contributed by atoms with Crippen LogP contribution in [0, 0.1) is 0 Å². The highest BCUT2D eigenvalue weighted by Gasteiger charge is 2.24. The van der Waals surface area contributed by atoms with Crippen molar-refractivity contribution in [1.29, 1.82) is 0 Å². The molecule has 8 heteroatoms. The van der Waals surface area contributed by atoms with Crippen molar-refractivity contribution in [3.05, 3.63) is 58.1 Å². The van der Waals surface area contributed by atoms with Gasteiger partial charge in [0, 0.05) is 38.1 Å². The van der Waals surface area contributed by atoms with Crippen molar-refractivity contribution in [3.63, 3.8) is 0 Å². The molecule has 1 saturated heterocycles. The molecule has 3 N–H and O–H groups in total. The smallest absolute Gasteiger partial charge is 0.133 e. The molecular weight excluding hydrogens is 508 g/mol. The molecule has 0 unspecified atom stereocenters. The summed E-state index contributed by atoms with van der Waals surface area (Å²) in [5.74, 6) is 1.55. The molecule has 0 aliphatic carbocycles. The number of aliphatic hydroxyl groups excluding tert-OH is 2. The lowest BCUT2D eigenvalue weighted by Gasteiger charge is -2.29. The van der Waals surface area contributed by atoms with E-state index in [4.69, 9.17) is 21.1 Å². The molecule has 2 aromatic carbocycles. The number of rotatable bonds is 11. The predicted octanol–water partition coefficient (Wildman–Crippen LogP) is 3.40. The second kappa shape index (κ2) is 12.4. The van der Waals surface area contributed by atoms with Gasteiger partial charge >= 0.3 is 0 Å². The van der Waals surface area contributed by atoms with E-state index in [-0.39, 0.29) is 24.5 Å². The number of nitrogens with zero attached hydrogens (tertiary/aromatic N) is 1. The number of β-amino-alcohol motifs (C(OH)–C–C–N with tert-alkyl or cyclic N) is 1. The average Bonchev–Trinajstić information content (AvgIpc) is 2.82. The van der Waals surface area contributed by atoms with Crippen molar-refractivity contribution < 1.29 is 19.7 Å². The lowest BCUT2D eigenvalue weighted by Crippen LogP contribution is -2.47. The van der Waals surface area contributed by atoms with Crippen molar-refractivity contribution >= 4 is 27.5 Å². The minimum absolute atomic E-state index is 0.136. The molecule has 0 bridgehead atoms. The summed E-state index contributed by atoms with van der Waals surface area (Å²) in [6.45, 7) is 9.24. The number of hydrogen-bond donors (Lipinski definition) is 3. The van der Waals surface area contributed by atoms with E-state index < -0.39 is 12.2 Å². The third-order valence-electron chi connectivity index (χ3n) is 5.96. The monoisotopic (exact) mass is 540 g/mol. The normalized spacial score (nSPS) is 16.9. The van der Waals surface area contributed by atoms with Crippen LogP contribution in [0.3, 0.4) is 0 Å². The van der Waals surface area contributed by atoms with E-state index in [0.717, 1.165) is 47.5 Å². The maximum absolute atomic E-state index is 10.3. The van der Waals surface area contributed by atoms with E-state index >= 15 is 0 Å². The average molecular weight is 542 g/mol. The van der Waals surface area contributed by atoms with Gasteiger partial charge in [0.1, 0.15) is 36.9 Å². The van der Waals surface area contributed by atoms with Gasteiger partial charge in [0.25, 0.3) is 0 Å². The fraction of sp³-hybridized carbons (Fsp3) is 0.520. The number of alkyl halides is 1. The summed E-state index contributed by atoms with van der Waals surface area (Å²) in [6.07, 6.45) is -1.21. The summed E-state index contributed by atoms with van der Waals surface area (Å²) in [4.78, 5) is 2.25. The number of piperazine rings is 1. The molecule has 1 aliphatic heterocycles. The zero-order valence-electron chi connectivity index (χ0n) is 19.3. The Balaban J connectivity index is 1.57. The molecule has 3 rings (SSSR count). The lowest BCUT2D eigenvalue weighted by molar-refractivity contribution is 0.0641. The van der Waals surface area contributed by atoms with E-state index in [9.17, 15) is 10.2 Å². The summed E-state index contributed by atoms with van der Waals surface area (Å²) < 4.78 is 12.3. The Hall–Kier alpha value is -1.35. The van der Waals surface area contributed by atoms with E-state index in [1.807, 2.05) is 30.3 Å². The van der Waals surface area contributed by atoms with Gasteiger partial charge in [0.05, 0.1) is 10.4 Å². The van der Waals surface area contributed by atoms with Crippen LogP contribution in [0.25, 0.3) is 0 Å². The van der Waals surface area contributed by atoms with Gasteiger partial charge in [-0.25, -0.2) is 0 Å². The quantitative estimate of drug-likeness (QED) is 0.379. The molecular formula is C25H34BrClN2O4. The number of aliphatic hydroxyl groups is 2. The highest BCUT2D eigenvalue weighted by atomic mass is 79.9. The van der Waals surface area contributed by atoms with Crippen molar-refractivity contribution in [1.82, 2.24) is 10.2 Å². The summed E-state index contributed by atoms with van der Waals surface area (Å²) in [7, 11) is 0. The lowest BCUT2D eigenvalue weighted by atomic mass is 9.78. The number of ether oxygens (including phenoxy) is 2. The van der Waals surface area contributed by atoms with Crippen LogP contribution >= 0.6 is 27.5 Å². The molecule has 1 fully saturated rings. The first-order valence-electron chi connectivity index (χ1n) is 11.3. The molecule has 0 spiro atoms. The zero-order valence-corrected chi connectivity index (χ0v) is 21.6. The Bertz CT molecular complexity index is 875. The molecule has 2 aromatic rings. The van der Waals surface area contributed by atoms with Crippen LogP contribution in [0.4, 0.5) is 0 Å². The topological polar surface area (TPSA) is 74.2 Å². The van der Waals surface area contributed by atoms with Crippen LogP contribution in [-0.4, -0.2) is 79.1 Å². The maximum Gasteiger partial charge on any atom is 0.133 e. The molecule has 1 aliphatic rings. The number of benzene rings is 2. The zero-order chi connectivity index (χ0) is 23.8. The van der Waals surface area contributed by atoms with Gasteiger partial charge in [-0.05, 0) is 51.3 Å². The SMILES string of the molecule is CC(C)(c1ccc(OC[C@H](O)CN2CCNCC2)cc1)c1ccc(OC[C@H](O)CCl)c(Br)c1. The van der Waals surface area contributed by atoms with Gasteiger partial charge < -0.3 is 25.0 Å². The van der Waals surface area contributed by atoms with Gasteiger partial charge in [-0.2, -0.15) is 0 Å². The predicted molar refractivity (Wildman–Crippen MR) is 136 cm³/mol. The van der Waals surface area contributed by atoms with Crippen LogP contribution in [0.15, 0.2) is 46.9 Å². The van der Waals surface area contributed by atoms with Crippen molar-refractivity contribution in [3.8, 4) is 11.5 Å². The highest BCUT2D eigenvalue weighted by molar-refractivity contribution is 9.10. The number of nitrogens with one attached hydrogen (secondary N) is 1. The minimum atomic E-state index is -0.696. The largest absolute Gasteiger partial charge is 0.491 e. The van der Waals surface area contributed by atoms with Gasteiger partial charge in [0.15, 0.2) is 0 Å². The van der Waals surface area contributed by atoms with Crippen LogP contribution in [0.1, 0.15) is 25.0 Å². The third kappa shape index (κ3) is 7.57. The van der Waals surface area contributed by atoms with E-state index in [2.05, 4.69) is 52.1 Å². The maximum atomic E-state index is 10.3. The van der Waals surface area contributed by atoms with Crippen LogP contribution in [0.5, 0.6) is 11.5 Å². The third-order valence-corrected chi connectivity index (χ3v) is 6.94. The Morgan fingerprint density at radius 2 is 1.64 bits per heavy atom. The molecule has 0 amide bonds. The van der Waals surface area contributed by atoms with Gasteiger partial charge in [-0.1, -0.05) is 32.0 Å². The van der Waals surface area contributed by atoms with E-state index in [1.165, 1.54) is 0 Å². The van der Waals surface area contributed by atoms with Crippen molar-refractivity contribution in [2.45, 2.75) is 31.5 Å². The van der Waals surface area contributed by atoms with E-state index in [1.54, 1.807) is 0 Å². The number of hydrogen-bond acceptors (Lipinski definition) is 6. The van der Waals surface area contributed by atoms with Crippen LogP contribution in [0.2, 0.25) is 0 Å². The van der Waals surface area contributed by atoms with Gasteiger partial charge in [0.2, 0.25) is 0 Å². The molecule has 182 valence electrons. The molecule has 0 radical (unpaired) electrons. The van der Waals surface area contributed by atoms with Crippen LogP contribution in [-0.2, 0) is 5.41 Å². The van der Waals surface area contributed by atoms with Gasteiger partial charge in [-0.3, -0.25) is 4.90 Å². The summed E-state index contributed by atoms with van der Waals surface area (Å²) >= 11 is 9.20. The minimum Gasteiger partial charge on any atom is -0.491 e. The fourth-order valence-electron chi connectivity index (χ4n) is 3.81. The summed E-state index contributed by atoms with van der Waals surface area (Å²) in [6, 6.07) is 14.0. The molecule has 2 atom stereocenters. The molecule has 0 saturated carbocycles. The first kappa shape index (κ1) is 26.3.